The van der Waals surface area contributed by atoms with Crippen LogP contribution in [0.25, 0.3) is 11.1 Å². The second-order valence-corrected chi connectivity index (χ2v) is 6.23. The minimum absolute atomic E-state index is 0.857. The lowest BCUT2D eigenvalue weighted by Crippen LogP contribution is -2.32. The number of aryl methyl sites for hydroxylation is 2. The van der Waals surface area contributed by atoms with Crippen LogP contribution in [0.1, 0.15) is 23.7 Å². The summed E-state index contributed by atoms with van der Waals surface area (Å²) in [6, 6.07) is 6.36. The van der Waals surface area contributed by atoms with Gasteiger partial charge in [-0.05, 0) is 37.1 Å². The van der Waals surface area contributed by atoms with E-state index in [-0.39, 0.29) is 0 Å². The van der Waals surface area contributed by atoms with Crippen LogP contribution in [0.5, 0.6) is 0 Å². The number of aromatic nitrogens is 4. The van der Waals surface area contributed by atoms with E-state index in [0.717, 1.165) is 43.0 Å². The van der Waals surface area contributed by atoms with Gasteiger partial charge in [-0.1, -0.05) is 6.07 Å². The van der Waals surface area contributed by atoms with Gasteiger partial charge in [-0.15, -0.1) is 0 Å². The Morgan fingerprint density at radius 1 is 1.17 bits per heavy atom. The molecule has 0 saturated carbocycles. The topological polar surface area (TPSA) is 46.8 Å². The van der Waals surface area contributed by atoms with Gasteiger partial charge in [0.2, 0.25) is 0 Å². The molecular weight excluding hydrogens is 298 g/mol. The lowest BCUT2D eigenvalue weighted by Gasteiger charge is -2.30. The van der Waals surface area contributed by atoms with Crippen LogP contribution in [0.3, 0.4) is 0 Å². The van der Waals surface area contributed by atoms with Gasteiger partial charge in [0.05, 0.1) is 6.20 Å². The van der Waals surface area contributed by atoms with Gasteiger partial charge in [0.25, 0.3) is 0 Å². The SMILES string of the molecule is CCn1cc(-c2cnc3c(c2)CN(c2ncccc2C)CC3)cn1. The molecule has 5 nitrogen and oxygen atoms in total. The van der Waals surface area contributed by atoms with Gasteiger partial charge < -0.3 is 4.90 Å². The van der Waals surface area contributed by atoms with E-state index in [1.807, 2.05) is 29.3 Å². The van der Waals surface area contributed by atoms with Gasteiger partial charge in [-0.2, -0.15) is 5.10 Å². The monoisotopic (exact) mass is 319 g/mol. The second kappa shape index (κ2) is 6.07. The molecule has 0 atom stereocenters. The summed E-state index contributed by atoms with van der Waals surface area (Å²) in [6.07, 6.45) is 8.78. The third-order valence-electron chi connectivity index (χ3n) is 4.61. The summed E-state index contributed by atoms with van der Waals surface area (Å²) in [4.78, 5) is 11.6. The predicted molar refractivity (Wildman–Crippen MR) is 94.9 cm³/mol. The fourth-order valence-electron chi connectivity index (χ4n) is 3.26. The van der Waals surface area contributed by atoms with Crippen molar-refractivity contribution in [2.45, 2.75) is 33.4 Å². The van der Waals surface area contributed by atoms with Crippen LogP contribution in [0.2, 0.25) is 0 Å². The van der Waals surface area contributed by atoms with Crippen LogP contribution >= 0.6 is 0 Å². The Morgan fingerprint density at radius 3 is 2.88 bits per heavy atom. The van der Waals surface area contributed by atoms with Gasteiger partial charge in [-0.25, -0.2) is 4.98 Å². The Kier molecular flexibility index (Phi) is 3.76. The van der Waals surface area contributed by atoms with Crippen LogP contribution in [0, 0.1) is 6.92 Å². The third-order valence-corrected chi connectivity index (χ3v) is 4.61. The van der Waals surface area contributed by atoms with E-state index in [1.165, 1.54) is 16.8 Å². The van der Waals surface area contributed by atoms with Crippen LogP contribution in [-0.2, 0) is 19.5 Å². The maximum Gasteiger partial charge on any atom is 0.131 e. The molecule has 0 radical (unpaired) electrons. The summed E-state index contributed by atoms with van der Waals surface area (Å²) in [5.41, 5.74) is 5.96. The number of hydrogen-bond donors (Lipinski definition) is 0. The van der Waals surface area contributed by atoms with Crippen LogP contribution < -0.4 is 4.90 Å². The first-order valence-electron chi connectivity index (χ1n) is 8.42. The highest BCUT2D eigenvalue weighted by Gasteiger charge is 2.20. The van der Waals surface area contributed by atoms with Crippen LogP contribution in [-0.4, -0.2) is 26.3 Å². The minimum atomic E-state index is 0.857. The fraction of sp³-hybridized carbons (Fsp3) is 0.316. The van der Waals surface area contributed by atoms with E-state index in [4.69, 9.17) is 4.98 Å². The molecule has 0 fully saturated rings. The quantitative estimate of drug-likeness (QED) is 0.743. The van der Waals surface area contributed by atoms with Crippen molar-refractivity contribution in [1.29, 1.82) is 0 Å². The van der Waals surface area contributed by atoms with Gasteiger partial charge in [0, 0.05) is 61.5 Å². The fourth-order valence-corrected chi connectivity index (χ4v) is 3.26. The van der Waals surface area contributed by atoms with Gasteiger partial charge in [-0.3, -0.25) is 9.67 Å². The molecule has 5 heteroatoms. The zero-order chi connectivity index (χ0) is 16.5. The molecule has 0 aliphatic carbocycles. The first-order valence-corrected chi connectivity index (χ1v) is 8.42. The molecule has 1 aliphatic rings. The molecule has 4 rings (SSSR count). The summed E-state index contributed by atoms with van der Waals surface area (Å²) < 4.78 is 1.94. The first-order chi connectivity index (χ1) is 11.7. The van der Waals surface area contributed by atoms with E-state index < -0.39 is 0 Å². The highest BCUT2D eigenvalue weighted by Crippen LogP contribution is 2.27. The third kappa shape index (κ3) is 2.66. The molecule has 24 heavy (non-hydrogen) atoms. The van der Waals surface area contributed by atoms with E-state index in [1.54, 1.807) is 0 Å². The summed E-state index contributed by atoms with van der Waals surface area (Å²) in [7, 11) is 0. The number of fused-ring (bicyclic) bond motifs is 1. The van der Waals surface area contributed by atoms with Crippen molar-refractivity contribution in [3.63, 3.8) is 0 Å². The van der Waals surface area contributed by atoms with Crippen molar-refractivity contribution in [3.05, 3.63) is 59.8 Å². The molecule has 0 saturated heterocycles. The molecular formula is C19H21N5. The zero-order valence-electron chi connectivity index (χ0n) is 14.1. The number of pyridine rings is 2. The molecule has 1 aliphatic heterocycles. The largest absolute Gasteiger partial charge is 0.352 e. The van der Waals surface area contributed by atoms with Gasteiger partial charge >= 0.3 is 0 Å². The molecule has 0 amide bonds. The minimum Gasteiger partial charge on any atom is -0.352 e. The molecule has 0 unspecified atom stereocenters. The van der Waals surface area contributed by atoms with E-state index in [0.29, 0.717) is 0 Å². The molecule has 0 bridgehead atoms. The van der Waals surface area contributed by atoms with E-state index in [2.05, 4.69) is 47.2 Å². The molecule has 0 N–H and O–H groups in total. The standard InChI is InChI=1S/C19H21N5/c1-3-24-13-17(11-22-24)15-9-16-12-23(8-6-18(16)21-10-15)19-14(2)5-4-7-20-19/h4-5,7,9-11,13H,3,6,8,12H2,1-2H3. The molecule has 0 spiro atoms. The molecule has 3 aromatic heterocycles. The zero-order valence-corrected chi connectivity index (χ0v) is 14.1. The smallest absolute Gasteiger partial charge is 0.131 e. The Labute approximate surface area is 142 Å². The van der Waals surface area contributed by atoms with E-state index >= 15 is 0 Å². The van der Waals surface area contributed by atoms with Crippen molar-refractivity contribution in [2.24, 2.45) is 0 Å². The second-order valence-electron chi connectivity index (χ2n) is 6.23. The van der Waals surface area contributed by atoms with Gasteiger partial charge in [0.1, 0.15) is 5.82 Å². The average molecular weight is 319 g/mol. The maximum absolute atomic E-state index is 4.70. The van der Waals surface area contributed by atoms with Crippen LogP contribution in [0.4, 0.5) is 5.82 Å². The first kappa shape index (κ1) is 14.9. The Morgan fingerprint density at radius 2 is 2.08 bits per heavy atom. The molecule has 3 aromatic rings. The lowest BCUT2D eigenvalue weighted by atomic mass is 10.0. The van der Waals surface area contributed by atoms with Gasteiger partial charge in [0.15, 0.2) is 0 Å². The average Bonchev–Trinajstić information content (AvgIpc) is 3.10. The molecule has 122 valence electrons. The normalized spacial score (nSPS) is 13.8. The predicted octanol–water partition coefficient (Wildman–Crippen LogP) is 3.23. The summed E-state index contributed by atoms with van der Waals surface area (Å²) in [5, 5.41) is 4.37. The summed E-state index contributed by atoms with van der Waals surface area (Å²) in [5.74, 6) is 1.08. The Balaban J connectivity index is 1.65. The van der Waals surface area contributed by atoms with Crippen molar-refractivity contribution in [1.82, 2.24) is 19.7 Å². The highest BCUT2D eigenvalue weighted by molar-refractivity contribution is 5.62. The Bertz CT molecular complexity index is 868. The number of nitrogens with zero attached hydrogens (tertiary/aromatic N) is 5. The highest BCUT2D eigenvalue weighted by atomic mass is 15.3. The number of hydrogen-bond acceptors (Lipinski definition) is 4. The van der Waals surface area contributed by atoms with Crippen molar-refractivity contribution in [3.8, 4) is 11.1 Å². The van der Waals surface area contributed by atoms with Crippen molar-refractivity contribution in [2.75, 3.05) is 11.4 Å². The van der Waals surface area contributed by atoms with Crippen molar-refractivity contribution < 1.29 is 0 Å². The maximum atomic E-state index is 4.70. The van der Waals surface area contributed by atoms with E-state index in [9.17, 15) is 0 Å². The molecule has 0 aromatic carbocycles. The lowest BCUT2D eigenvalue weighted by molar-refractivity contribution is 0.660. The molecule has 4 heterocycles. The summed E-state index contributed by atoms with van der Waals surface area (Å²) >= 11 is 0. The summed E-state index contributed by atoms with van der Waals surface area (Å²) in [6.45, 7) is 6.91. The number of anilines is 1. The van der Waals surface area contributed by atoms with Crippen LogP contribution in [0.15, 0.2) is 43.0 Å². The Hall–Kier alpha value is -2.69. The van der Waals surface area contributed by atoms with Crippen molar-refractivity contribution >= 4 is 5.82 Å². The number of rotatable bonds is 3.